The number of ether oxygens (including phenoxy) is 1. The molecule has 1 aromatic rings. The first kappa shape index (κ1) is 17.3. The summed E-state index contributed by atoms with van der Waals surface area (Å²) in [4.78, 5) is 23.5. The molecular formula is C13H17N3O6S. The van der Waals surface area contributed by atoms with E-state index in [1.54, 1.807) is 0 Å². The molecule has 1 amide bonds. The topological polar surface area (TPSA) is 119 Å². The maximum Gasteiger partial charge on any atom is 0.270 e. The molecule has 1 saturated heterocycles. The van der Waals surface area contributed by atoms with Gasteiger partial charge in [-0.05, 0) is 13.0 Å². The highest BCUT2D eigenvalue weighted by molar-refractivity contribution is 7.89. The second-order valence-electron chi connectivity index (χ2n) is 5.04. The van der Waals surface area contributed by atoms with Crippen molar-refractivity contribution in [2.24, 2.45) is 0 Å². The molecule has 1 N–H and O–H groups in total. The van der Waals surface area contributed by atoms with Gasteiger partial charge in [-0.15, -0.1) is 0 Å². The minimum absolute atomic E-state index is 0.256. The number of nitro groups is 1. The summed E-state index contributed by atoms with van der Waals surface area (Å²) in [5, 5.41) is 10.7. The van der Waals surface area contributed by atoms with Crippen LogP contribution in [0.15, 0.2) is 29.2 Å². The molecule has 1 fully saturated rings. The number of benzene rings is 1. The largest absolute Gasteiger partial charge is 0.378 e. The molecule has 1 aliphatic heterocycles. The average Bonchev–Trinajstić information content (AvgIpc) is 2.54. The number of nitrogens with one attached hydrogen (secondary N) is 1. The van der Waals surface area contributed by atoms with Crippen molar-refractivity contribution >= 4 is 21.6 Å². The molecule has 0 aromatic heterocycles. The van der Waals surface area contributed by atoms with E-state index in [4.69, 9.17) is 4.74 Å². The van der Waals surface area contributed by atoms with E-state index in [-0.39, 0.29) is 16.5 Å². The van der Waals surface area contributed by atoms with E-state index in [9.17, 15) is 23.3 Å². The number of nitrogens with zero attached hydrogens (tertiary/aromatic N) is 2. The second-order valence-corrected chi connectivity index (χ2v) is 6.75. The minimum atomic E-state index is -4.03. The lowest BCUT2D eigenvalue weighted by Crippen LogP contribution is -2.50. The first-order valence-electron chi connectivity index (χ1n) is 6.94. The Hall–Kier alpha value is -2.04. The molecule has 126 valence electrons. The van der Waals surface area contributed by atoms with E-state index >= 15 is 0 Å². The third-order valence-electron chi connectivity index (χ3n) is 3.36. The van der Waals surface area contributed by atoms with Gasteiger partial charge in [-0.3, -0.25) is 14.9 Å². The number of carbonyl (C=O) groups is 1. The van der Waals surface area contributed by atoms with Crippen LogP contribution in [0.25, 0.3) is 0 Å². The minimum Gasteiger partial charge on any atom is -0.378 e. The van der Waals surface area contributed by atoms with Gasteiger partial charge in [0.2, 0.25) is 15.9 Å². The fraction of sp³-hybridized carbons (Fsp3) is 0.462. The van der Waals surface area contributed by atoms with E-state index in [1.165, 1.54) is 30.0 Å². The Morgan fingerprint density at radius 3 is 2.65 bits per heavy atom. The summed E-state index contributed by atoms with van der Waals surface area (Å²) < 4.78 is 31.9. The van der Waals surface area contributed by atoms with Gasteiger partial charge in [0.15, 0.2) is 0 Å². The number of morpholine rings is 1. The van der Waals surface area contributed by atoms with E-state index < -0.39 is 21.0 Å². The van der Waals surface area contributed by atoms with Crippen molar-refractivity contribution in [3.8, 4) is 0 Å². The van der Waals surface area contributed by atoms with Crippen LogP contribution in [0.1, 0.15) is 6.92 Å². The monoisotopic (exact) mass is 343 g/mol. The van der Waals surface area contributed by atoms with Gasteiger partial charge in [-0.1, -0.05) is 6.07 Å². The number of rotatable bonds is 5. The molecule has 1 aliphatic rings. The molecule has 2 rings (SSSR count). The third-order valence-corrected chi connectivity index (χ3v) is 4.90. The zero-order valence-corrected chi connectivity index (χ0v) is 13.3. The van der Waals surface area contributed by atoms with Crippen LogP contribution >= 0.6 is 0 Å². The lowest BCUT2D eigenvalue weighted by molar-refractivity contribution is -0.385. The Morgan fingerprint density at radius 2 is 2.04 bits per heavy atom. The van der Waals surface area contributed by atoms with Gasteiger partial charge in [-0.2, -0.15) is 4.72 Å². The summed E-state index contributed by atoms with van der Waals surface area (Å²) in [6.07, 6.45) is 0. The van der Waals surface area contributed by atoms with Crippen molar-refractivity contribution in [1.82, 2.24) is 9.62 Å². The fourth-order valence-corrected chi connectivity index (χ4v) is 3.41. The van der Waals surface area contributed by atoms with E-state index in [0.29, 0.717) is 26.3 Å². The molecular weight excluding hydrogens is 326 g/mol. The van der Waals surface area contributed by atoms with Crippen molar-refractivity contribution in [2.75, 3.05) is 26.3 Å². The number of nitro benzene ring substituents is 1. The van der Waals surface area contributed by atoms with E-state index in [0.717, 1.165) is 6.07 Å². The van der Waals surface area contributed by atoms with Gasteiger partial charge in [0.05, 0.1) is 29.1 Å². The first-order valence-corrected chi connectivity index (χ1v) is 8.43. The molecule has 0 aliphatic carbocycles. The van der Waals surface area contributed by atoms with E-state index in [1.807, 2.05) is 0 Å². The van der Waals surface area contributed by atoms with Crippen molar-refractivity contribution in [1.29, 1.82) is 0 Å². The smallest absolute Gasteiger partial charge is 0.270 e. The van der Waals surface area contributed by atoms with Gasteiger partial charge in [-0.25, -0.2) is 8.42 Å². The van der Waals surface area contributed by atoms with Gasteiger partial charge in [0.25, 0.3) is 5.69 Å². The molecule has 1 aromatic carbocycles. The summed E-state index contributed by atoms with van der Waals surface area (Å²) in [7, 11) is -4.03. The SMILES string of the molecule is C[C@H](NS(=O)(=O)c1cccc([N+](=O)[O-])c1)C(=O)N1CCOCC1. The molecule has 0 saturated carbocycles. The highest BCUT2D eigenvalue weighted by Crippen LogP contribution is 2.17. The molecule has 0 bridgehead atoms. The summed E-state index contributed by atoms with van der Waals surface area (Å²) in [5.41, 5.74) is -0.333. The quantitative estimate of drug-likeness (QED) is 0.599. The van der Waals surface area contributed by atoms with Gasteiger partial charge in [0.1, 0.15) is 0 Å². The molecule has 0 radical (unpaired) electrons. The molecule has 1 atom stereocenters. The summed E-state index contributed by atoms with van der Waals surface area (Å²) >= 11 is 0. The van der Waals surface area contributed by atoms with Crippen molar-refractivity contribution in [3.05, 3.63) is 34.4 Å². The van der Waals surface area contributed by atoms with Gasteiger partial charge < -0.3 is 9.64 Å². The predicted octanol–water partition coefficient (Wildman–Crippen LogP) is 0.120. The Balaban J connectivity index is 2.12. The number of hydrogen-bond acceptors (Lipinski definition) is 6. The number of amides is 1. The van der Waals surface area contributed by atoms with Crippen LogP contribution < -0.4 is 4.72 Å². The summed E-state index contributed by atoms with van der Waals surface area (Å²) in [5.74, 6) is -0.359. The highest BCUT2D eigenvalue weighted by atomic mass is 32.2. The lowest BCUT2D eigenvalue weighted by atomic mass is 10.3. The van der Waals surface area contributed by atoms with Gasteiger partial charge >= 0.3 is 0 Å². The fourth-order valence-electron chi connectivity index (χ4n) is 2.17. The number of hydrogen-bond donors (Lipinski definition) is 1. The maximum atomic E-state index is 12.3. The number of sulfonamides is 1. The Bertz CT molecular complexity index is 699. The van der Waals surface area contributed by atoms with Crippen LogP contribution in [0.3, 0.4) is 0 Å². The predicted molar refractivity (Wildman–Crippen MR) is 80.3 cm³/mol. The Morgan fingerprint density at radius 1 is 1.39 bits per heavy atom. The van der Waals surface area contributed by atoms with E-state index in [2.05, 4.69) is 4.72 Å². The Kier molecular flexibility index (Phi) is 5.29. The first-order chi connectivity index (χ1) is 10.8. The van der Waals surface area contributed by atoms with Crippen molar-refractivity contribution in [3.63, 3.8) is 0 Å². The van der Waals surface area contributed by atoms with Crippen LogP contribution in [0, 0.1) is 10.1 Å². The molecule has 9 nitrogen and oxygen atoms in total. The zero-order chi connectivity index (χ0) is 17.0. The number of non-ortho nitro benzene ring substituents is 1. The Labute approximate surface area is 133 Å². The van der Waals surface area contributed by atoms with Crippen LogP contribution in [0.5, 0.6) is 0 Å². The molecule has 10 heteroatoms. The third kappa shape index (κ3) is 4.24. The summed E-state index contributed by atoms with van der Waals surface area (Å²) in [6.45, 7) is 3.07. The molecule has 23 heavy (non-hydrogen) atoms. The van der Waals surface area contributed by atoms with Crippen LogP contribution in [0.4, 0.5) is 5.69 Å². The van der Waals surface area contributed by atoms with Gasteiger partial charge in [0, 0.05) is 25.2 Å². The van der Waals surface area contributed by atoms with Crippen LogP contribution in [-0.2, 0) is 19.6 Å². The van der Waals surface area contributed by atoms with Crippen LogP contribution in [-0.4, -0.2) is 56.5 Å². The molecule has 0 spiro atoms. The highest BCUT2D eigenvalue weighted by Gasteiger charge is 2.27. The second kappa shape index (κ2) is 7.02. The normalized spacial score (nSPS) is 16.8. The van der Waals surface area contributed by atoms with Crippen LogP contribution in [0.2, 0.25) is 0 Å². The summed E-state index contributed by atoms with van der Waals surface area (Å²) in [6, 6.07) is 3.69. The number of carbonyl (C=O) groups excluding carboxylic acids is 1. The zero-order valence-electron chi connectivity index (χ0n) is 12.5. The average molecular weight is 343 g/mol. The lowest BCUT2D eigenvalue weighted by Gasteiger charge is -2.29. The standard InChI is InChI=1S/C13H17N3O6S/c1-10(13(17)15-5-7-22-8-6-15)14-23(20,21)12-4-2-3-11(9-12)16(18)19/h2-4,9-10,14H,5-8H2,1H3/t10-/m0/s1. The molecule has 1 heterocycles. The molecule has 0 unspecified atom stereocenters. The maximum absolute atomic E-state index is 12.3. The van der Waals surface area contributed by atoms with Crippen molar-refractivity contribution in [2.45, 2.75) is 17.9 Å². The van der Waals surface area contributed by atoms with Crippen molar-refractivity contribution < 1.29 is 22.9 Å².